The smallest absolute Gasteiger partial charge is 0.133 e. The fourth-order valence-corrected chi connectivity index (χ4v) is 8.69. The second-order valence-electron chi connectivity index (χ2n) is 9.53. The molecule has 2 nitrogen and oxygen atoms in total. The molecule has 0 aromatic rings. The third-order valence-electron chi connectivity index (χ3n) is 8.56. The average Bonchev–Trinajstić information content (AvgIpc) is 2.86. The van der Waals surface area contributed by atoms with Crippen molar-refractivity contribution in [2.45, 2.75) is 75.7 Å². The number of carbonyl (C=O) groups excluding carboxylic acids is 1. The number of rotatable bonds is 1. The predicted molar refractivity (Wildman–Crippen MR) is 105 cm³/mol. The summed E-state index contributed by atoms with van der Waals surface area (Å²) in [6.07, 6.45) is 10.2. The second-order valence-corrected chi connectivity index (χ2v) is 11.0. The topological polar surface area (TPSA) is 37.3 Å². The van der Waals surface area contributed by atoms with E-state index in [1.54, 1.807) is 0 Å². The summed E-state index contributed by atoms with van der Waals surface area (Å²) in [5.74, 6) is 2.88. The highest BCUT2D eigenvalue weighted by Gasteiger charge is 2.61. The minimum Gasteiger partial charge on any atom is -0.393 e. The van der Waals surface area contributed by atoms with E-state index in [-0.39, 0.29) is 11.5 Å². The highest BCUT2D eigenvalue weighted by molar-refractivity contribution is 14.1. The Morgan fingerprint density at radius 3 is 2.62 bits per heavy atom. The molecule has 24 heavy (non-hydrogen) atoms. The minimum absolute atomic E-state index is 0.132. The van der Waals surface area contributed by atoms with Gasteiger partial charge in [-0.3, -0.25) is 4.79 Å². The standard InChI is InChI=1S/C21H31IO2/c1-12(23)15-4-5-16-19-17(7-9-21(15,16)3)20(2)8-6-14(24)10-13(20)11-18(19)22/h11,14-19,24H,4-10H2,1-3H3/t14-,15+,16-,17-,18?,19-,20-,21+/m0/s1. The Balaban J connectivity index is 1.71. The van der Waals surface area contributed by atoms with Crippen molar-refractivity contribution in [2.24, 2.45) is 34.5 Å². The lowest BCUT2D eigenvalue weighted by Gasteiger charge is -2.59. The van der Waals surface area contributed by atoms with Crippen molar-refractivity contribution in [3.05, 3.63) is 11.6 Å². The quantitative estimate of drug-likeness (QED) is 0.355. The molecule has 0 heterocycles. The van der Waals surface area contributed by atoms with Gasteiger partial charge in [0.2, 0.25) is 0 Å². The SMILES string of the molecule is CC(=O)[C@H]1CC[C@H]2[C@@H]3C(I)C=C4C[C@@H](O)CC[C@]4(C)[C@H]3CC[C@]12C. The monoisotopic (exact) mass is 442 g/mol. The summed E-state index contributed by atoms with van der Waals surface area (Å²) in [5, 5.41) is 10.2. The highest BCUT2D eigenvalue weighted by Crippen LogP contribution is 2.67. The Labute approximate surface area is 160 Å². The summed E-state index contributed by atoms with van der Waals surface area (Å²) in [5.41, 5.74) is 2.06. The zero-order valence-corrected chi connectivity index (χ0v) is 17.4. The molecule has 0 saturated heterocycles. The Kier molecular flexibility index (Phi) is 4.23. The molecule has 3 saturated carbocycles. The zero-order chi connectivity index (χ0) is 17.3. The van der Waals surface area contributed by atoms with Crippen LogP contribution in [0.3, 0.4) is 0 Å². The molecule has 4 rings (SSSR count). The lowest BCUT2D eigenvalue weighted by Crippen LogP contribution is -2.53. The maximum atomic E-state index is 12.2. The van der Waals surface area contributed by atoms with Crippen LogP contribution in [0.15, 0.2) is 11.6 Å². The van der Waals surface area contributed by atoms with E-state index >= 15 is 0 Å². The van der Waals surface area contributed by atoms with Crippen LogP contribution in [0, 0.1) is 34.5 Å². The van der Waals surface area contributed by atoms with Crippen molar-refractivity contribution in [2.75, 3.05) is 0 Å². The van der Waals surface area contributed by atoms with E-state index in [0.717, 1.165) is 37.5 Å². The number of alkyl halides is 1. The fourth-order valence-electron chi connectivity index (χ4n) is 7.25. The van der Waals surface area contributed by atoms with Gasteiger partial charge in [-0.2, -0.15) is 0 Å². The molecule has 3 fully saturated rings. The van der Waals surface area contributed by atoms with Crippen LogP contribution in [-0.2, 0) is 4.79 Å². The van der Waals surface area contributed by atoms with Gasteiger partial charge in [0, 0.05) is 9.84 Å². The molecule has 4 aliphatic carbocycles. The molecule has 0 bridgehead atoms. The first-order valence-corrected chi connectivity index (χ1v) is 11.1. The summed E-state index contributed by atoms with van der Waals surface area (Å²) in [6.45, 7) is 6.71. The second kappa shape index (κ2) is 5.80. The van der Waals surface area contributed by atoms with Gasteiger partial charge in [-0.05, 0) is 80.5 Å². The first-order chi connectivity index (χ1) is 11.3. The predicted octanol–water partition coefficient (Wildman–Crippen LogP) is 4.93. The molecule has 0 aromatic carbocycles. The first kappa shape index (κ1) is 17.5. The molecular formula is C21H31IO2. The summed E-state index contributed by atoms with van der Waals surface area (Å²) >= 11 is 2.66. The molecule has 4 aliphatic rings. The first-order valence-electron chi connectivity index (χ1n) is 9.81. The number of fused-ring (bicyclic) bond motifs is 5. The summed E-state index contributed by atoms with van der Waals surface area (Å²) in [7, 11) is 0. The number of aliphatic hydroxyl groups excluding tert-OH is 1. The molecule has 0 radical (unpaired) electrons. The van der Waals surface area contributed by atoms with E-state index in [2.05, 4.69) is 42.5 Å². The van der Waals surface area contributed by atoms with E-state index in [1.807, 2.05) is 6.92 Å². The van der Waals surface area contributed by atoms with Crippen molar-refractivity contribution in [3.63, 3.8) is 0 Å². The van der Waals surface area contributed by atoms with Crippen LogP contribution in [-0.4, -0.2) is 20.9 Å². The fraction of sp³-hybridized carbons (Fsp3) is 0.857. The molecule has 0 aromatic heterocycles. The number of ketones is 1. The molecule has 0 spiro atoms. The third kappa shape index (κ3) is 2.32. The van der Waals surface area contributed by atoms with Crippen molar-refractivity contribution in [1.82, 2.24) is 0 Å². The number of halogens is 1. The molecule has 0 aliphatic heterocycles. The number of allylic oxidation sites excluding steroid dienone is 1. The maximum Gasteiger partial charge on any atom is 0.133 e. The van der Waals surface area contributed by atoms with Crippen LogP contribution in [0.25, 0.3) is 0 Å². The Morgan fingerprint density at radius 2 is 1.92 bits per heavy atom. The van der Waals surface area contributed by atoms with Gasteiger partial charge in [0.05, 0.1) is 6.10 Å². The van der Waals surface area contributed by atoms with Crippen LogP contribution < -0.4 is 0 Å². The van der Waals surface area contributed by atoms with Gasteiger partial charge in [-0.15, -0.1) is 0 Å². The summed E-state index contributed by atoms with van der Waals surface area (Å²) in [6, 6.07) is 0. The lowest BCUT2D eigenvalue weighted by atomic mass is 9.47. The Morgan fingerprint density at radius 1 is 1.17 bits per heavy atom. The number of carbonyl (C=O) groups is 1. The Bertz CT molecular complexity index is 584. The van der Waals surface area contributed by atoms with Crippen LogP contribution >= 0.6 is 22.6 Å². The summed E-state index contributed by atoms with van der Waals surface area (Å²) < 4.78 is 0.566. The van der Waals surface area contributed by atoms with Gasteiger partial charge >= 0.3 is 0 Å². The van der Waals surface area contributed by atoms with E-state index in [1.165, 1.54) is 24.8 Å². The van der Waals surface area contributed by atoms with Crippen molar-refractivity contribution >= 4 is 28.4 Å². The van der Waals surface area contributed by atoms with Gasteiger partial charge in [-0.1, -0.05) is 48.1 Å². The molecule has 1 unspecified atom stereocenters. The van der Waals surface area contributed by atoms with Crippen molar-refractivity contribution < 1.29 is 9.90 Å². The van der Waals surface area contributed by atoms with Gasteiger partial charge in [-0.25, -0.2) is 0 Å². The normalized spacial score (nSPS) is 53.6. The molecule has 1 N–H and O–H groups in total. The molecule has 3 heteroatoms. The lowest BCUT2D eigenvalue weighted by molar-refractivity contribution is -0.127. The molecule has 134 valence electrons. The Hall–Kier alpha value is 0.1000. The van der Waals surface area contributed by atoms with E-state index in [4.69, 9.17) is 0 Å². The van der Waals surface area contributed by atoms with Crippen molar-refractivity contribution in [3.8, 4) is 0 Å². The van der Waals surface area contributed by atoms with Gasteiger partial charge in [0.25, 0.3) is 0 Å². The number of aliphatic hydroxyl groups is 1. The van der Waals surface area contributed by atoms with Crippen molar-refractivity contribution in [1.29, 1.82) is 0 Å². The van der Waals surface area contributed by atoms with Gasteiger partial charge in [0.1, 0.15) is 5.78 Å². The van der Waals surface area contributed by atoms with Gasteiger partial charge < -0.3 is 5.11 Å². The number of hydrogen-bond donors (Lipinski definition) is 1. The van der Waals surface area contributed by atoms with Crippen LogP contribution in [0.4, 0.5) is 0 Å². The van der Waals surface area contributed by atoms with E-state index in [0.29, 0.717) is 27.0 Å². The maximum absolute atomic E-state index is 12.2. The van der Waals surface area contributed by atoms with Crippen LogP contribution in [0.2, 0.25) is 0 Å². The van der Waals surface area contributed by atoms with Crippen LogP contribution in [0.5, 0.6) is 0 Å². The largest absolute Gasteiger partial charge is 0.393 e. The minimum atomic E-state index is -0.132. The highest BCUT2D eigenvalue weighted by atomic mass is 127. The van der Waals surface area contributed by atoms with Crippen LogP contribution in [0.1, 0.15) is 65.7 Å². The van der Waals surface area contributed by atoms with E-state index in [9.17, 15) is 9.90 Å². The van der Waals surface area contributed by atoms with Gasteiger partial charge in [0.15, 0.2) is 0 Å². The van der Waals surface area contributed by atoms with E-state index < -0.39 is 0 Å². The third-order valence-corrected chi connectivity index (χ3v) is 9.75. The summed E-state index contributed by atoms with van der Waals surface area (Å²) in [4.78, 5) is 12.2. The zero-order valence-electron chi connectivity index (χ0n) is 15.2. The average molecular weight is 442 g/mol. The number of Topliss-reactive ketones (excluding diaryl/α,β-unsaturated/α-hetero) is 1. The number of hydrogen-bond acceptors (Lipinski definition) is 2. The molecule has 0 amide bonds. The molecular weight excluding hydrogens is 411 g/mol. The molecule has 8 atom stereocenters.